The van der Waals surface area contributed by atoms with Gasteiger partial charge in [0, 0.05) is 0 Å². The standard InChI is InChI=1S/C14H24N2O/c1-2-16(12-14-6-4-10-17-14)9-7-13-5-3-8-15-11-13/h4,6,10,13,15H,2-3,5,7-9,11-12H2,1H3. The van der Waals surface area contributed by atoms with Gasteiger partial charge in [-0.3, -0.25) is 4.90 Å². The largest absolute Gasteiger partial charge is 0.468 e. The molecule has 0 bridgehead atoms. The van der Waals surface area contributed by atoms with Crippen molar-refractivity contribution in [1.29, 1.82) is 0 Å². The number of nitrogens with one attached hydrogen (secondary N) is 1. The van der Waals surface area contributed by atoms with Crippen LogP contribution < -0.4 is 5.32 Å². The van der Waals surface area contributed by atoms with Gasteiger partial charge in [0.1, 0.15) is 5.76 Å². The highest BCUT2D eigenvalue weighted by Gasteiger charge is 2.14. The molecule has 1 aliphatic heterocycles. The highest BCUT2D eigenvalue weighted by molar-refractivity contribution is 4.97. The van der Waals surface area contributed by atoms with Gasteiger partial charge in [0.2, 0.25) is 0 Å². The zero-order valence-electron chi connectivity index (χ0n) is 10.8. The topological polar surface area (TPSA) is 28.4 Å². The number of rotatable bonds is 6. The van der Waals surface area contributed by atoms with Crippen LogP contribution in [0.2, 0.25) is 0 Å². The third kappa shape index (κ3) is 4.17. The molecule has 0 radical (unpaired) electrons. The van der Waals surface area contributed by atoms with Gasteiger partial charge in [-0.15, -0.1) is 0 Å². The average molecular weight is 236 g/mol. The Morgan fingerprint density at radius 1 is 1.53 bits per heavy atom. The predicted octanol–water partition coefficient (Wildman–Crippen LogP) is 2.49. The van der Waals surface area contributed by atoms with Crippen LogP contribution in [0.25, 0.3) is 0 Å². The lowest BCUT2D eigenvalue weighted by atomic mass is 9.96. The molecule has 1 fully saturated rings. The van der Waals surface area contributed by atoms with Crippen molar-refractivity contribution in [3.05, 3.63) is 24.2 Å². The van der Waals surface area contributed by atoms with E-state index < -0.39 is 0 Å². The number of piperidine rings is 1. The highest BCUT2D eigenvalue weighted by Crippen LogP contribution is 2.15. The van der Waals surface area contributed by atoms with E-state index >= 15 is 0 Å². The molecule has 2 rings (SSSR count). The fourth-order valence-electron chi connectivity index (χ4n) is 2.51. The molecule has 1 aromatic rings. The van der Waals surface area contributed by atoms with Gasteiger partial charge in [0.05, 0.1) is 12.8 Å². The molecule has 1 aliphatic rings. The van der Waals surface area contributed by atoms with Crippen LogP contribution in [-0.2, 0) is 6.54 Å². The maximum atomic E-state index is 5.40. The smallest absolute Gasteiger partial charge is 0.117 e. The summed E-state index contributed by atoms with van der Waals surface area (Å²) in [5, 5.41) is 3.49. The maximum Gasteiger partial charge on any atom is 0.117 e. The lowest BCUT2D eigenvalue weighted by molar-refractivity contribution is 0.224. The van der Waals surface area contributed by atoms with Gasteiger partial charge in [0.25, 0.3) is 0 Å². The first kappa shape index (κ1) is 12.7. The SMILES string of the molecule is CCN(CCC1CCCNC1)Cc1ccco1. The lowest BCUT2D eigenvalue weighted by Gasteiger charge is -2.26. The van der Waals surface area contributed by atoms with Crippen LogP contribution in [0.3, 0.4) is 0 Å². The van der Waals surface area contributed by atoms with E-state index in [0.29, 0.717) is 0 Å². The predicted molar refractivity (Wildman–Crippen MR) is 69.9 cm³/mol. The van der Waals surface area contributed by atoms with Crippen molar-refractivity contribution < 1.29 is 4.42 Å². The second-order valence-electron chi connectivity index (χ2n) is 4.95. The summed E-state index contributed by atoms with van der Waals surface area (Å²) in [5.41, 5.74) is 0. The van der Waals surface area contributed by atoms with Crippen molar-refractivity contribution in [2.75, 3.05) is 26.2 Å². The summed E-state index contributed by atoms with van der Waals surface area (Å²) in [7, 11) is 0. The first-order chi connectivity index (χ1) is 8.38. The van der Waals surface area contributed by atoms with Crippen molar-refractivity contribution in [3.8, 4) is 0 Å². The van der Waals surface area contributed by atoms with Crippen molar-refractivity contribution in [1.82, 2.24) is 10.2 Å². The molecule has 0 aromatic carbocycles. The van der Waals surface area contributed by atoms with Gasteiger partial charge < -0.3 is 9.73 Å². The molecule has 1 unspecified atom stereocenters. The Morgan fingerprint density at radius 3 is 3.12 bits per heavy atom. The summed E-state index contributed by atoms with van der Waals surface area (Å²) in [5.74, 6) is 1.95. The minimum absolute atomic E-state index is 0.870. The van der Waals surface area contributed by atoms with Crippen LogP contribution in [0.1, 0.15) is 31.9 Å². The number of hydrogen-bond donors (Lipinski definition) is 1. The molecule has 1 N–H and O–H groups in total. The Bertz CT molecular complexity index is 291. The zero-order valence-corrected chi connectivity index (χ0v) is 10.8. The van der Waals surface area contributed by atoms with Crippen molar-refractivity contribution >= 4 is 0 Å². The van der Waals surface area contributed by atoms with E-state index in [1.807, 2.05) is 6.07 Å². The van der Waals surface area contributed by atoms with Gasteiger partial charge in [-0.05, 0) is 63.5 Å². The number of furan rings is 1. The molecule has 1 saturated heterocycles. The fourth-order valence-corrected chi connectivity index (χ4v) is 2.51. The number of nitrogens with zero attached hydrogens (tertiary/aromatic N) is 1. The second-order valence-corrected chi connectivity index (χ2v) is 4.95. The Kier molecular flexibility index (Phi) is 5.08. The van der Waals surface area contributed by atoms with Gasteiger partial charge in [-0.1, -0.05) is 6.92 Å². The Hall–Kier alpha value is -0.800. The second kappa shape index (κ2) is 6.82. The molecule has 3 nitrogen and oxygen atoms in total. The first-order valence-electron chi connectivity index (χ1n) is 6.84. The monoisotopic (exact) mass is 236 g/mol. The molecule has 0 spiro atoms. The van der Waals surface area contributed by atoms with Crippen LogP contribution >= 0.6 is 0 Å². The van der Waals surface area contributed by atoms with Crippen LogP contribution in [0.4, 0.5) is 0 Å². The zero-order chi connectivity index (χ0) is 11.9. The van der Waals surface area contributed by atoms with E-state index in [1.54, 1.807) is 6.26 Å². The molecular weight excluding hydrogens is 212 g/mol. The van der Waals surface area contributed by atoms with Crippen LogP contribution in [0, 0.1) is 5.92 Å². The molecule has 1 aromatic heterocycles. The summed E-state index contributed by atoms with van der Waals surface area (Å²) in [6.07, 6.45) is 5.80. The van der Waals surface area contributed by atoms with Gasteiger partial charge in [0.15, 0.2) is 0 Å². The quantitative estimate of drug-likeness (QED) is 0.822. The summed E-state index contributed by atoms with van der Waals surface area (Å²) in [6.45, 7) is 7.87. The molecule has 96 valence electrons. The minimum atomic E-state index is 0.870. The van der Waals surface area contributed by atoms with Crippen LogP contribution in [-0.4, -0.2) is 31.1 Å². The van der Waals surface area contributed by atoms with E-state index in [0.717, 1.165) is 24.8 Å². The summed E-state index contributed by atoms with van der Waals surface area (Å²) >= 11 is 0. The Morgan fingerprint density at radius 2 is 2.47 bits per heavy atom. The molecule has 0 aliphatic carbocycles. The summed E-state index contributed by atoms with van der Waals surface area (Å²) in [4.78, 5) is 2.47. The average Bonchev–Trinajstić information content (AvgIpc) is 2.88. The molecule has 0 amide bonds. The lowest BCUT2D eigenvalue weighted by Crippen LogP contribution is -2.33. The van der Waals surface area contributed by atoms with Gasteiger partial charge in [-0.2, -0.15) is 0 Å². The number of hydrogen-bond acceptors (Lipinski definition) is 3. The van der Waals surface area contributed by atoms with E-state index in [9.17, 15) is 0 Å². The van der Waals surface area contributed by atoms with E-state index in [4.69, 9.17) is 4.42 Å². The molecule has 0 saturated carbocycles. The Balaban J connectivity index is 1.71. The van der Waals surface area contributed by atoms with Crippen LogP contribution in [0.5, 0.6) is 0 Å². The first-order valence-corrected chi connectivity index (χ1v) is 6.84. The van der Waals surface area contributed by atoms with Crippen molar-refractivity contribution in [2.45, 2.75) is 32.7 Å². The van der Waals surface area contributed by atoms with Crippen molar-refractivity contribution in [2.24, 2.45) is 5.92 Å². The van der Waals surface area contributed by atoms with Crippen molar-refractivity contribution in [3.63, 3.8) is 0 Å². The van der Waals surface area contributed by atoms with Gasteiger partial charge in [-0.25, -0.2) is 0 Å². The summed E-state index contributed by atoms with van der Waals surface area (Å²) in [6, 6.07) is 4.03. The third-order valence-corrected chi connectivity index (χ3v) is 3.66. The van der Waals surface area contributed by atoms with E-state index in [2.05, 4.69) is 23.2 Å². The molecular formula is C14H24N2O. The van der Waals surface area contributed by atoms with E-state index in [1.165, 1.54) is 38.9 Å². The fraction of sp³-hybridized carbons (Fsp3) is 0.714. The maximum absolute atomic E-state index is 5.40. The minimum Gasteiger partial charge on any atom is -0.468 e. The molecule has 17 heavy (non-hydrogen) atoms. The third-order valence-electron chi connectivity index (χ3n) is 3.66. The van der Waals surface area contributed by atoms with Gasteiger partial charge >= 0.3 is 0 Å². The molecule has 1 atom stereocenters. The van der Waals surface area contributed by atoms with Crippen LogP contribution in [0.15, 0.2) is 22.8 Å². The normalized spacial score (nSPS) is 20.9. The Labute approximate surface area is 104 Å². The van der Waals surface area contributed by atoms with E-state index in [-0.39, 0.29) is 0 Å². The molecule has 2 heterocycles. The highest BCUT2D eigenvalue weighted by atomic mass is 16.3. The molecule has 3 heteroatoms. The summed E-state index contributed by atoms with van der Waals surface area (Å²) < 4.78 is 5.40.